The molecule has 0 aliphatic carbocycles. The molecule has 1 heterocycles. The van der Waals surface area contributed by atoms with Crippen LogP contribution >= 0.6 is 0 Å². The van der Waals surface area contributed by atoms with Crippen molar-refractivity contribution in [2.45, 2.75) is 13.3 Å². The Morgan fingerprint density at radius 2 is 2.44 bits per heavy atom. The average molecular weight is 123 g/mol. The van der Waals surface area contributed by atoms with Gasteiger partial charge in [-0.15, -0.1) is 12.3 Å². The maximum absolute atomic E-state index is 5.23. The van der Waals surface area contributed by atoms with Gasteiger partial charge in [0.25, 0.3) is 0 Å². The van der Waals surface area contributed by atoms with E-state index in [1.165, 1.54) is 19.5 Å². The molecule has 1 fully saturated rings. The van der Waals surface area contributed by atoms with E-state index in [2.05, 4.69) is 18.2 Å². The first-order chi connectivity index (χ1) is 4.33. The molecule has 1 aliphatic heterocycles. The minimum atomic E-state index is 0.470. The first-order valence-electron chi connectivity index (χ1n) is 3.49. The lowest BCUT2D eigenvalue weighted by Gasteiger charge is -2.27. The first-order valence-corrected chi connectivity index (χ1v) is 3.49. The second kappa shape index (κ2) is 2.89. The van der Waals surface area contributed by atoms with Crippen LogP contribution in [0, 0.1) is 24.2 Å². The summed E-state index contributed by atoms with van der Waals surface area (Å²) in [6.07, 6.45) is 6.43. The summed E-state index contributed by atoms with van der Waals surface area (Å²) in [5.41, 5.74) is 0. The molecule has 1 saturated heterocycles. The van der Waals surface area contributed by atoms with Crippen LogP contribution in [0.3, 0.4) is 0 Å². The first kappa shape index (κ1) is 6.64. The van der Waals surface area contributed by atoms with E-state index in [4.69, 9.17) is 6.42 Å². The van der Waals surface area contributed by atoms with Crippen molar-refractivity contribution in [1.29, 1.82) is 0 Å². The zero-order valence-electron chi connectivity index (χ0n) is 5.85. The summed E-state index contributed by atoms with van der Waals surface area (Å²) >= 11 is 0. The highest BCUT2D eigenvalue weighted by Crippen LogP contribution is 2.14. The average Bonchev–Trinajstić information content (AvgIpc) is 1.78. The molecule has 9 heavy (non-hydrogen) atoms. The van der Waals surface area contributed by atoms with Crippen molar-refractivity contribution < 1.29 is 0 Å². The Hall–Kier alpha value is -0.480. The fraction of sp³-hybridized carbons (Fsp3) is 0.750. The lowest BCUT2D eigenvalue weighted by molar-refractivity contribution is 0.306. The molecule has 1 N–H and O–H groups in total. The topological polar surface area (TPSA) is 12.0 Å². The van der Waals surface area contributed by atoms with Gasteiger partial charge in [0.15, 0.2) is 0 Å². The molecular formula is C8H13N. The summed E-state index contributed by atoms with van der Waals surface area (Å²) in [7, 11) is 0. The third-order valence-corrected chi connectivity index (χ3v) is 1.84. The highest BCUT2D eigenvalue weighted by molar-refractivity contribution is 4.92. The molecule has 1 heteroatoms. The summed E-state index contributed by atoms with van der Waals surface area (Å²) in [6, 6.07) is 0. The standard InChI is InChI=1S/C8H13N/c1-3-7(2)4-8-5-9-6-8/h1,7-9H,4-6H2,2H3. The third kappa shape index (κ3) is 1.73. The van der Waals surface area contributed by atoms with Crippen molar-refractivity contribution in [3.63, 3.8) is 0 Å². The molecule has 50 valence electrons. The highest BCUT2D eigenvalue weighted by atomic mass is 14.9. The smallest absolute Gasteiger partial charge is 0.0175 e. The molecule has 0 aromatic carbocycles. The molecule has 0 radical (unpaired) electrons. The van der Waals surface area contributed by atoms with Gasteiger partial charge >= 0.3 is 0 Å². The molecule has 0 aromatic heterocycles. The fourth-order valence-electron chi connectivity index (χ4n) is 1.08. The van der Waals surface area contributed by atoms with Gasteiger partial charge in [-0.25, -0.2) is 0 Å². The van der Waals surface area contributed by atoms with E-state index in [1.807, 2.05) is 0 Å². The van der Waals surface area contributed by atoms with Gasteiger partial charge < -0.3 is 5.32 Å². The van der Waals surface area contributed by atoms with E-state index in [0.29, 0.717) is 5.92 Å². The quantitative estimate of drug-likeness (QED) is 0.537. The lowest BCUT2D eigenvalue weighted by Crippen LogP contribution is -2.42. The SMILES string of the molecule is C#CC(C)CC1CNC1. The zero-order chi connectivity index (χ0) is 6.69. The maximum Gasteiger partial charge on any atom is 0.0175 e. The van der Waals surface area contributed by atoms with Crippen LogP contribution in [0.1, 0.15) is 13.3 Å². The van der Waals surface area contributed by atoms with Gasteiger partial charge in [0, 0.05) is 5.92 Å². The summed E-state index contributed by atoms with van der Waals surface area (Å²) in [6.45, 7) is 4.45. The Balaban J connectivity index is 2.10. The highest BCUT2D eigenvalue weighted by Gasteiger charge is 2.17. The van der Waals surface area contributed by atoms with Crippen LogP contribution in [-0.4, -0.2) is 13.1 Å². The van der Waals surface area contributed by atoms with Gasteiger partial charge in [-0.2, -0.15) is 0 Å². The molecule has 1 rings (SSSR count). The number of nitrogens with one attached hydrogen (secondary N) is 1. The van der Waals surface area contributed by atoms with E-state index < -0.39 is 0 Å². The zero-order valence-corrected chi connectivity index (χ0v) is 5.85. The molecule has 0 saturated carbocycles. The van der Waals surface area contributed by atoms with E-state index >= 15 is 0 Å². The van der Waals surface area contributed by atoms with E-state index in [-0.39, 0.29) is 0 Å². The number of rotatable bonds is 2. The summed E-state index contributed by atoms with van der Waals surface area (Å²) in [5, 5.41) is 3.22. The Morgan fingerprint density at radius 3 is 2.78 bits per heavy atom. The van der Waals surface area contributed by atoms with E-state index in [0.717, 1.165) is 5.92 Å². The minimum Gasteiger partial charge on any atom is -0.316 e. The fourth-order valence-corrected chi connectivity index (χ4v) is 1.08. The van der Waals surface area contributed by atoms with Crippen molar-refractivity contribution >= 4 is 0 Å². The van der Waals surface area contributed by atoms with E-state index in [1.54, 1.807) is 0 Å². The Morgan fingerprint density at radius 1 is 1.78 bits per heavy atom. The van der Waals surface area contributed by atoms with Gasteiger partial charge in [-0.3, -0.25) is 0 Å². The monoisotopic (exact) mass is 123 g/mol. The van der Waals surface area contributed by atoms with Crippen LogP contribution in [-0.2, 0) is 0 Å². The van der Waals surface area contributed by atoms with Gasteiger partial charge in [0.2, 0.25) is 0 Å². The molecule has 1 aliphatic rings. The minimum absolute atomic E-state index is 0.470. The Kier molecular flexibility index (Phi) is 2.13. The van der Waals surface area contributed by atoms with Crippen molar-refractivity contribution in [2.75, 3.05) is 13.1 Å². The normalized spacial score (nSPS) is 22.2. The van der Waals surface area contributed by atoms with Gasteiger partial charge in [-0.1, -0.05) is 6.92 Å². The Labute approximate surface area is 56.8 Å². The molecule has 0 amide bonds. The van der Waals surface area contributed by atoms with Gasteiger partial charge in [0.05, 0.1) is 0 Å². The van der Waals surface area contributed by atoms with Crippen molar-refractivity contribution in [2.24, 2.45) is 11.8 Å². The van der Waals surface area contributed by atoms with Crippen LogP contribution in [0.4, 0.5) is 0 Å². The van der Waals surface area contributed by atoms with E-state index in [9.17, 15) is 0 Å². The van der Waals surface area contributed by atoms with Crippen LogP contribution < -0.4 is 5.32 Å². The molecule has 1 atom stereocenters. The molecule has 1 unspecified atom stereocenters. The summed E-state index contributed by atoms with van der Waals surface area (Å²) < 4.78 is 0. The van der Waals surface area contributed by atoms with Crippen molar-refractivity contribution in [3.8, 4) is 12.3 Å². The van der Waals surface area contributed by atoms with Crippen molar-refractivity contribution in [3.05, 3.63) is 0 Å². The van der Waals surface area contributed by atoms with Crippen LogP contribution in [0.25, 0.3) is 0 Å². The van der Waals surface area contributed by atoms with Gasteiger partial charge in [-0.05, 0) is 25.4 Å². The summed E-state index contributed by atoms with van der Waals surface area (Å²) in [5.74, 6) is 4.06. The number of hydrogen-bond acceptors (Lipinski definition) is 1. The second-order valence-electron chi connectivity index (χ2n) is 2.83. The predicted octanol–water partition coefficient (Wildman–Crippen LogP) is 0.865. The van der Waals surface area contributed by atoms with Crippen molar-refractivity contribution in [1.82, 2.24) is 5.32 Å². The molecule has 0 aromatic rings. The summed E-state index contributed by atoms with van der Waals surface area (Å²) in [4.78, 5) is 0. The largest absolute Gasteiger partial charge is 0.316 e. The predicted molar refractivity (Wildman–Crippen MR) is 39.0 cm³/mol. The lowest BCUT2D eigenvalue weighted by atomic mass is 9.92. The molecular weight excluding hydrogens is 110 g/mol. The van der Waals surface area contributed by atoms with Crippen LogP contribution in [0.15, 0.2) is 0 Å². The molecule has 0 spiro atoms. The molecule has 1 nitrogen and oxygen atoms in total. The van der Waals surface area contributed by atoms with Crippen LogP contribution in [0.5, 0.6) is 0 Å². The number of hydrogen-bond donors (Lipinski definition) is 1. The Bertz CT molecular complexity index is 119. The van der Waals surface area contributed by atoms with Crippen LogP contribution in [0.2, 0.25) is 0 Å². The van der Waals surface area contributed by atoms with Gasteiger partial charge in [0.1, 0.15) is 0 Å². The maximum atomic E-state index is 5.23. The number of terminal acetylenes is 1. The molecule has 0 bridgehead atoms. The third-order valence-electron chi connectivity index (χ3n) is 1.84. The second-order valence-corrected chi connectivity index (χ2v) is 2.83.